The molecule has 0 spiro atoms. The van der Waals surface area contributed by atoms with Crippen LogP contribution in [0, 0.1) is 0 Å². The van der Waals surface area contributed by atoms with Crippen LogP contribution in [0.3, 0.4) is 0 Å². The standard InChI is InChI=1S/C14H15ClN2O2/c1-14(2,3)12-9(13(18)19)8-17(16-12)11-7-5-4-6-10(11)15/h4-8H,1-3H3,(H,18,19). The molecule has 0 amide bonds. The van der Waals surface area contributed by atoms with Gasteiger partial charge in [0.25, 0.3) is 0 Å². The normalized spacial score (nSPS) is 11.6. The second-order valence-corrected chi connectivity index (χ2v) is 5.75. The van der Waals surface area contributed by atoms with Gasteiger partial charge in [-0.05, 0) is 12.1 Å². The van der Waals surface area contributed by atoms with Crippen LogP contribution < -0.4 is 0 Å². The molecule has 1 aromatic heterocycles. The smallest absolute Gasteiger partial charge is 0.339 e. The molecule has 1 heterocycles. The van der Waals surface area contributed by atoms with E-state index in [1.165, 1.54) is 10.9 Å². The van der Waals surface area contributed by atoms with Crippen molar-refractivity contribution in [3.05, 3.63) is 46.7 Å². The molecule has 19 heavy (non-hydrogen) atoms. The third-order valence-electron chi connectivity index (χ3n) is 2.75. The molecule has 0 aliphatic rings. The van der Waals surface area contributed by atoms with Crippen molar-refractivity contribution >= 4 is 17.6 Å². The predicted octanol–water partition coefficient (Wildman–Crippen LogP) is 3.52. The van der Waals surface area contributed by atoms with E-state index in [1.807, 2.05) is 32.9 Å². The van der Waals surface area contributed by atoms with Gasteiger partial charge < -0.3 is 5.11 Å². The van der Waals surface area contributed by atoms with Crippen molar-refractivity contribution in [3.8, 4) is 5.69 Å². The van der Waals surface area contributed by atoms with Gasteiger partial charge in [-0.15, -0.1) is 0 Å². The Hall–Kier alpha value is -1.81. The summed E-state index contributed by atoms with van der Waals surface area (Å²) in [6.07, 6.45) is 1.50. The third kappa shape index (κ3) is 2.63. The highest BCUT2D eigenvalue weighted by atomic mass is 35.5. The van der Waals surface area contributed by atoms with Crippen molar-refractivity contribution in [2.24, 2.45) is 0 Å². The van der Waals surface area contributed by atoms with Gasteiger partial charge in [0.15, 0.2) is 0 Å². The van der Waals surface area contributed by atoms with E-state index >= 15 is 0 Å². The number of para-hydroxylation sites is 1. The zero-order valence-corrected chi connectivity index (χ0v) is 11.8. The van der Waals surface area contributed by atoms with Crippen LogP contribution in [0.4, 0.5) is 0 Å². The second-order valence-electron chi connectivity index (χ2n) is 5.34. The van der Waals surface area contributed by atoms with Crippen molar-refractivity contribution < 1.29 is 9.90 Å². The monoisotopic (exact) mass is 278 g/mol. The molecule has 4 nitrogen and oxygen atoms in total. The molecular weight excluding hydrogens is 264 g/mol. The number of aromatic nitrogens is 2. The minimum atomic E-state index is -0.983. The van der Waals surface area contributed by atoms with E-state index in [4.69, 9.17) is 11.6 Å². The largest absolute Gasteiger partial charge is 0.478 e. The molecule has 2 rings (SSSR count). The van der Waals surface area contributed by atoms with E-state index in [-0.39, 0.29) is 11.0 Å². The summed E-state index contributed by atoms with van der Waals surface area (Å²) < 4.78 is 1.52. The second kappa shape index (κ2) is 4.70. The number of carboxylic acid groups (broad SMARTS) is 1. The fraction of sp³-hybridized carbons (Fsp3) is 0.286. The van der Waals surface area contributed by atoms with Crippen molar-refractivity contribution in [1.29, 1.82) is 0 Å². The molecule has 0 unspecified atom stereocenters. The van der Waals surface area contributed by atoms with Crippen molar-refractivity contribution in [2.45, 2.75) is 26.2 Å². The maximum absolute atomic E-state index is 11.3. The van der Waals surface area contributed by atoms with E-state index in [0.717, 1.165) is 0 Å². The zero-order chi connectivity index (χ0) is 14.2. The molecule has 0 bridgehead atoms. The van der Waals surface area contributed by atoms with E-state index in [2.05, 4.69) is 5.10 Å². The van der Waals surface area contributed by atoms with Gasteiger partial charge in [-0.1, -0.05) is 44.5 Å². The number of halogens is 1. The number of rotatable bonds is 2. The fourth-order valence-corrected chi connectivity index (χ4v) is 2.07. The number of benzene rings is 1. The van der Waals surface area contributed by atoms with E-state index in [0.29, 0.717) is 16.4 Å². The van der Waals surface area contributed by atoms with Crippen LogP contribution >= 0.6 is 11.6 Å². The summed E-state index contributed by atoms with van der Waals surface area (Å²) in [4.78, 5) is 11.3. The lowest BCUT2D eigenvalue weighted by atomic mass is 9.90. The Kier molecular flexibility index (Phi) is 3.37. The molecule has 0 radical (unpaired) electrons. The Bertz CT molecular complexity index is 627. The van der Waals surface area contributed by atoms with E-state index < -0.39 is 5.97 Å². The number of carbonyl (C=O) groups is 1. The number of carboxylic acids is 1. The van der Waals surface area contributed by atoms with Crippen molar-refractivity contribution in [1.82, 2.24) is 9.78 Å². The molecule has 100 valence electrons. The molecule has 1 N–H and O–H groups in total. The SMILES string of the molecule is CC(C)(C)c1nn(-c2ccccc2Cl)cc1C(=O)O. The number of hydrogen-bond acceptors (Lipinski definition) is 2. The van der Waals surface area contributed by atoms with Gasteiger partial charge in [0.2, 0.25) is 0 Å². The van der Waals surface area contributed by atoms with Gasteiger partial charge >= 0.3 is 5.97 Å². The molecule has 0 aliphatic carbocycles. The number of nitrogens with zero attached hydrogens (tertiary/aromatic N) is 2. The summed E-state index contributed by atoms with van der Waals surface area (Å²) in [6, 6.07) is 7.20. The van der Waals surface area contributed by atoms with Crippen LogP contribution in [-0.4, -0.2) is 20.9 Å². The van der Waals surface area contributed by atoms with Crippen molar-refractivity contribution in [2.75, 3.05) is 0 Å². The lowest BCUT2D eigenvalue weighted by Gasteiger charge is -2.16. The van der Waals surface area contributed by atoms with Crippen LogP contribution in [-0.2, 0) is 5.41 Å². The molecule has 5 heteroatoms. The van der Waals surface area contributed by atoms with Gasteiger partial charge in [0, 0.05) is 11.6 Å². The maximum Gasteiger partial charge on any atom is 0.339 e. The van der Waals surface area contributed by atoms with Crippen LogP contribution in [0.1, 0.15) is 36.8 Å². The highest BCUT2D eigenvalue weighted by molar-refractivity contribution is 6.32. The number of hydrogen-bond donors (Lipinski definition) is 1. The summed E-state index contributed by atoms with van der Waals surface area (Å²) in [5.41, 5.74) is 1.06. The Morgan fingerprint density at radius 1 is 1.32 bits per heavy atom. The van der Waals surface area contributed by atoms with E-state index in [9.17, 15) is 9.90 Å². The molecule has 0 atom stereocenters. The van der Waals surface area contributed by atoms with Gasteiger partial charge in [-0.3, -0.25) is 0 Å². The first-order chi connectivity index (χ1) is 8.80. The highest BCUT2D eigenvalue weighted by Crippen LogP contribution is 2.27. The predicted molar refractivity (Wildman–Crippen MR) is 74.2 cm³/mol. The topological polar surface area (TPSA) is 55.1 Å². The Morgan fingerprint density at radius 3 is 2.42 bits per heavy atom. The minimum Gasteiger partial charge on any atom is -0.478 e. The fourth-order valence-electron chi connectivity index (χ4n) is 1.85. The molecule has 0 fully saturated rings. The minimum absolute atomic E-state index is 0.201. The van der Waals surface area contributed by atoms with Crippen LogP contribution in [0.25, 0.3) is 5.69 Å². The summed E-state index contributed by atoms with van der Waals surface area (Å²) in [5.74, 6) is -0.983. The average molecular weight is 279 g/mol. The highest BCUT2D eigenvalue weighted by Gasteiger charge is 2.26. The first-order valence-corrected chi connectivity index (χ1v) is 6.27. The van der Waals surface area contributed by atoms with Crippen LogP contribution in [0.2, 0.25) is 5.02 Å². The third-order valence-corrected chi connectivity index (χ3v) is 3.07. The molecule has 0 aliphatic heterocycles. The molecule has 0 saturated carbocycles. The first kappa shape index (κ1) is 13.6. The summed E-state index contributed by atoms with van der Waals surface area (Å²) >= 11 is 6.11. The van der Waals surface area contributed by atoms with Crippen molar-refractivity contribution in [3.63, 3.8) is 0 Å². The molecule has 1 aromatic carbocycles. The summed E-state index contributed by atoms with van der Waals surface area (Å²) in [7, 11) is 0. The molecular formula is C14H15ClN2O2. The van der Waals surface area contributed by atoms with Gasteiger partial charge in [-0.25, -0.2) is 9.48 Å². The zero-order valence-electron chi connectivity index (χ0n) is 11.0. The molecule has 2 aromatic rings. The summed E-state index contributed by atoms with van der Waals surface area (Å²) in [5, 5.41) is 14.2. The van der Waals surface area contributed by atoms with Crippen LogP contribution in [0.15, 0.2) is 30.5 Å². The van der Waals surface area contributed by atoms with Gasteiger partial charge in [0.05, 0.1) is 16.4 Å². The lowest BCUT2D eigenvalue weighted by molar-refractivity contribution is 0.0694. The maximum atomic E-state index is 11.3. The van der Waals surface area contributed by atoms with Gasteiger partial charge in [0.1, 0.15) is 5.56 Å². The Labute approximate surface area is 116 Å². The van der Waals surface area contributed by atoms with E-state index in [1.54, 1.807) is 12.1 Å². The van der Waals surface area contributed by atoms with Crippen LogP contribution in [0.5, 0.6) is 0 Å². The average Bonchev–Trinajstić information content (AvgIpc) is 2.74. The first-order valence-electron chi connectivity index (χ1n) is 5.89. The molecule has 0 saturated heterocycles. The Balaban J connectivity index is 2.62. The Morgan fingerprint density at radius 2 is 1.95 bits per heavy atom. The quantitative estimate of drug-likeness (QED) is 0.914. The lowest BCUT2D eigenvalue weighted by Crippen LogP contribution is -2.16. The van der Waals surface area contributed by atoms with Gasteiger partial charge in [-0.2, -0.15) is 5.10 Å². The summed E-state index contributed by atoms with van der Waals surface area (Å²) in [6.45, 7) is 5.79. The number of aromatic carboxylic acids is 1.